The van der Waals surface area contributed by atoms with Gasteiger partial charge in [0.2, 0.25) is 5.91 Å². The molecule has 1 aliphatic rings. The first-order valence-corrected chi connectivity index (χ1v) is 6.25. The minimum absolute atomic E-state index is 0.213. The van der Waals surface area contributed by atoms with Gasteiger partial charge in [0.05, 0.1) is 30.4 Å². The quantitative estimate of drug-likeness (QED) is 0.860. The van der Waals surface area contributed by atoms with E-state index < -0.39 is 0 Å². The van der Waals surface area contributed by atoms with Gasteiger partial charge in [-0.2, -0.15) is 5.26 Å². The molecule has 0 bridgehead atoms. The van der Waals surface area contributed by atoms with E-state index in [1.165, 1.54) is 0 Å². The van der Waals surface area contributed by atoms with Crippen molar-refractivity contribution < 1.29 is 9.53 Å². The SMILES string of the molecule is N#Cc1ccc(Br)cc1NC(=O)C1COCC1N. The highest BCUT2D eigenvalue weighted by Crippen LogP contribution is 2.22. The molecule has 1 aromatic rings. The van der Waals surface area contributed by atoms with Gasteiger partial charge in [-0.05, 0) is 18.2 Å². The molecule has 1 aromatic carbocycles. The number of nitriles is 1. The fourth-order valence-corrected chi connectivity index (χ4v) is 2.14. The molecule has 1 amide bonds. The van der Waals surface area contributed by atoms with Gasteiger partial charge >= 0.3 is 0 Å². The summed E-state index contributed by atoms with van der Waals surface area (Å²) in [5.41, 5.74) is 6.67. The first-order valence-electron chi connectivity index (χ1n) is 5.45. The van der Waals surface area contributed by atoms with Crippen LogP contribution < -0.4 is 11.1 Å². The number of halogens is 1. The first-order chi connectivity index (χ1) is 8.61. The summed E-state index contributed by atoms with van der Waals surface area (Å²) in [6.45, 7) is 0.713. The second-order valence-corrected chi connectivity index (χ2v) is 5.01. The van der Waals surface area contributed by atoms with Gasteiger partial charge in [0, 0.05) is 10.5 Å². The summed E-state index contributed by atoms with van der Waals surface area (Å²) in [7, 11) is 0. The molecule has 5 nitrogen and oxygen atoms in total. The van der Waals surface area contributed by atoms with Gasteiger partial charge in [-0.1, -0.05) is 15.9 Å². The molecule has 0 aromatic heterocycles. The molecule has 2 unspecified atom stereocenters. The third-order valence-electron chi connectivity index (χ3n) is 2.82. The number of hydrogen-bond acceptors (Lipinski definition) is 4. The largest absolute Gasteiger partial charge is 0.379 e. The number of hydrogen-bond donors (Lipinski definition) is 2. The molecule has 2 atom stereocenters. The van der Waals surface area contributed by atoms with Gasteiger partial charge in [0.15, 0.2) is 0 Å². The normalized spacial score (nSPS) is 22.5. The number of carbonyl (C=O) groups excluding carboxylic acids is 1. The monoisotopic (exact) mass is 309 g/mol. The molecule has 1 saturated heterocycles. The van der Waals surface area contributed by atoms with E-state index in [9.17, 15) is 4.79 Å². The Morgan fingerprint density at radius 1 is 1.56 bits per heavy atom. The predicted molar refractivity (Wildman–Crippen MR) is 69.8 cm³/mol. The Balaban J connectivity index is 2.16. The van der Waals surface area contributed by atoms with Crippen LogP contribution in [0.3, 0.4) is 0 Å². The summed E-state index contributed by atoms with van der Waals surface area (Å²) in [5.74, 6) is -0.579. The predicted octanol–water partition coefficient (Wildman–Crippen LogP) is 1.23. The van der Waals surface area contributed by atoms with Crippen LogP contribution in [0.1, 0.15) is 5.56 Å². The molecule has 0 aliphatic carbocycles. The zero-order valence-corrected chi connectivity index (χ0v) is 11.1. The van der Waals surface area contributed by atoms with E-state index >= 15 is 0 Å². The standard InChI is InChI=1S/C12H12BrN3O2/c13-8-2-1-7(4-14)11(3-8)16-12(17)9-5-18-6-10(9)15/h1-3,9-10H,5-6,15H2,(H,16,17). The van der Waals surface area contributed by atoms with Crippen LogP contribution in [0, 0.1) is 17.2 Å². The van der Waals surface area contributed by atoms with E-state index in [4.69, 9.17) is 15.7 Å². The number of nitrogens with zero attached hydrogens (tertiary/aromatic N) is 1. The minimum Gasteiger partial charge on any atom is -0.379 e. The average Bonchev–Trinajstić information content (AvgIpc) is 2.76. The lowest BCUT2D eigenvalue weighted by atomic mass is 10.0. The molecule has 0 spiro atoms. The zero-order chi connectivity index (χ0) is 13.1. The number of anilines is 1. The van der Waals surface area contributed by atoms with Crippen molar-refractivity contribution in [2.24, 2.45) is 11.7 Å². The Morgan fingerprint density at radius 2 is 2.33 bits per heavy atom. The fraction of sp³-hybridized carbons (Fsp3) is 0.333. The van der Waals surface area contributed by atoms with Crippen LogP contribution in [0.5, 0.6) is 0 Å². The Kier molecular flexibility index (Phi) is 3.97. The van der Waals surface area contributed by atoms with Crippen molar-refractivity contribution in [3.05, 3.63) is 28.2 Å². The highest BCUT2D eigenvalue weighted by Gasteiger charge is 2.31. The maximum atomic E-state index is 12.0. The number of ether oxygens (including phenoxy) is 1. The van der Waals surface area contributed by atoms with Crippen molar-refractivity contribution in [2.75, 3.05) is 18.5 Å². The van der Waals surface area contributed by atoms with Crippen LogP contribution in [0.2, 0.25) is 0 Å². The van der Waals surface area contributed by atoms with Crippen molar-refractivity contribution in [1.29, 1.82) is 5.26 Å². The number of nitrogens with one attached hydrogen (secondary N) is 1. The topological polar surface area (TPSA) is 88.1 Å². The Labute approximate surface area is 113 Å². The van der Waals surface area contributed by atoms with Gasteiger partial charge in [-0.3, -0.25) is 4.79 Å². The Hall–Kier alpha value is -1.42. The van der Waals surface area contributed by atoms with E-state index in [0.29, 0.717) is 24.5 Å². The number of carbonyl (C=O) groups is 1. The number of nitrogens with two attached hydrogens (primary N) is 1. The van der Waals surface area contributed by atoms with Crippen molar-refractivity contribution in [2.45, 2.75) is 6.04 Å². The van der Waals surface area contributed by atoms with Crippen molar-refractivity contribution in [1.82, 2.24) is 0 Å². The third kappa shape index (κ3) is 2.70. The fourth-order valence-electron chi connectivity index (χ4n) is 1.78. The summed E-state index contributed by atoms with van der Waals surface area (Å²) < 4.78 is 5.94. The molecule has 3 N–H and O–H groups in total. The lowest BCUT2D eigenvalue weighted by Crippen LogP contribution is -2.37. The van der Waals surface area contributed by atoms with Crippen LogP contribution in [0.25, 0.3) is 0 Å². The second kappa shape index (κ2) is 5.48. The van der Waals surface area contributed by atoms with Gasteiger partial charge < -0.3 is 15.8 Å². The molecule has 0 saturated carbocycles. The maximum Gasteiger partial charge on any atom is 0.231 e. The van der Waals surface area contributed by atoms with E-state index in [1.54, 1.807) is 18.2 Å². The summed E-state index contributed by atoms with van der Waals surface area (Å²) in [6, 6.07) is 6.83. The van der Waals surface area contributed by atoms with Crippen LogP contribution in [-0.4, -0.2) is 25.2 Å². The van der Waals surface area contributed by atoms with Crippen molar-refractivity contribution in [3.8, 4) is 6.07 Å². The molecule has 1 heterocycles. The number of rotatable bonds is 2. The third-order valence-corrected chi connectivity index (χ3v) is 3.31. The molecule has 1 aliphatic heterocycles. The molecule has 2 rings (SSSR count). The van der Waals surface area contributed by atoms with Gasteiger partial charge in [0.1, 0.15) is 6.07 Å². The lowest BCUT2D eigenvalue weighted by molar-refractivity contribution is -0.120. The van der Waals surface area contributed by atoms with Crippen molar-refractivity contribution in [3.63, 3.8) is 0 Å². The smallest absolute Gasteiger partial charge is 0.231 e. The van der Waals surface area contributed by atoms with E-state index in [0.717, 1.165) is 4.47 Å². The maximum absolute atomic E-state index is 12.0. The van der Waals surface area contributed by atoms with Gasteiger partial charge in [-0.15, -0.1) is 0 Å². The van der Waals surface area contributed by atoms with E-state index in [-0.39, 0.29) is 17.9 Å². The Bertz CT molecular complexity index is 513. The van der Waals surface area contributed by atoms with Gasteiger partial charge in [-0.25, -0.2) is 0 Å². The number of benzene rings is 1. The summed E-state index contributed by atoms with van der Waals surface area (Å²) in [5, 5.41) is 11.7. The molecule has 94 valence electrons. The summed E-state index contributed by atoms with van der Waals surface area (Å²) in [4.78, 5) is 12.0. The summed E-state index contributed by atoms with van der Waals surface area (Å²) >= 11 is 3.30. The van der Waals surface area contributed by atoms with Crippen LogP contribution in [0.15, 0.2) is 22.7 Å². The first kappa shape index (κ1) is 13.0. The van der Waals surface area contributed by atoms with Crippen LogP contribution in [-0.2, 0) is 9.53 Å². The Morgan fingerprint density at radius 3 is 2.94 bits per heavy atom. The van der Waals surface area contributed by atoms with Crippen LogP contribution >= 0.6 is 15.9 Å². The second-order valence-electron chi connectivity index (χ2n) is 4.10. The average molecular weight is 310 g/mol. The number of amides is 1. The molecular weight excluding hydrogens is 298 g/mol. The molecule has 1 fully saturated rings. The molecule has 6 heteroatoms. The summed E-state index contributed by atoms with van der Waals surface area (Å²) in [6.07, 6.45) is 0. The van der Waals surface area contributed by atoms with Gasteiger partial charge in [0.25, 0.3) is 0 Å². The molecule has 18 heavy (non-hydrogen) atoms. The lowest BCUT2D eigenvalue weighted by Gasteiger charge is -2.14. The zero-order valence-electron chi connectivity index (χ0n) is 9.52. The van der Waals surface area contributed by atoms with E-state index in [1.807, 2.05) is 6.07 Å². The van der Waals surface area contributed by atoms with Crippen molar-refractivity contribution >= 4 is 27.5 Å². The highest BCUT2D eigenvalue weighted by atomic mass is 79.9. The van der Waals surface area contributed by atoms with E-state index in [2.05, 4.69) is 21.2 Å². The highest BCUT2D eigenvalue weighted by molar-refractivity contribution is 9.10. The van der Waals surface area contributed by atoms with Crippen LogP contribution in [0.4, 0.5) is 5.69 Å². The molecular formula is C12H12BrN3O2. The molecule has 0 radical (unpaired) electrons. The minimum atomic E-state index is -0.365.